The SMILES string of the molecule is COCc1nn(C)cc1C(=O)NC1CCCCC12CCCC2. The van der Waals surface area contributed by atoms with E-state index in [1.165, 1.54) is 44.9 Å². The number of ether oxygens (including phenoxy) is 1. The maximum atomic E-state index is 12.7. The number of amides is 1. The first kappa shape index (κ1) is 15.5. The largest absolute Gasteiger partial charge is 0.378 e. The van der Waals surface area contributed by atoms with Crippen LogP contribution < -0.4 is 5.32 Å². The van der Waals surface area contributed by atoms with Crippen molar-refractivity contribution in [3.05, 3.63) is 17.5 Å². The number of nitrogens with one attached hydrogen (secondary N) is 1. The minimum Gasteiger partial charge on any atom is -0.378 e. The van der Waals surface area contributed by atoms with Gasteiger partial charge in [-0.25, -0.2) is 0 Å². The van der Waals surface area contributed by atoms with Crippen LogP contribution >= 0.6 is 0 Å². The highest BCUT2D eigenvalue weighted by Crippen LogP contribution is 2.49. The first-order valence-corrected chi connectivity index (χ1v) is 8.47. The fraction of sp³-hybridized carbons (Fsp3) is 0.765. The van der Waals surface area contributed by atoms with Crippen molar-refractivity contribution in [3.63, 3.8) is 0 Å². The fourth-order valence-corrected chi connectivity index (χ4v) is 4.41. The summed E-state index contributed by atoms with van der Waals surface area (Å²) in [4.78, 5) is 12.7. The third kappa shape index (κ3) is 2.91. The van der Waals surface area contributed by atoms with Gasteiger partial charge in [-0.1, -0.05) is 25.7 Å². The summed E-state index contributed by atoms with van der Waals surface area (Å²) in [6, 6.07) is 0.326. The van der Waals surface area contributed by atoms with E-state index >= 15 is 0 Å². The molecule has 0 aliphatic heterocycles. The van der Waals surface area contributed by atoms with Crippen LogP contribution in [0.25, 0.3) is 0 Å². The molecular formula is C17H27N3O2. The highest BCUT2D eigenvalue weighted by atomic mass is 16.5. The van der Waals surface area contributed by atoms with Gasteiger partial charge in [0.25, 0.3) is 5.91 Å². The second-order valence-corrected chi connectivity index (χ2v) is 6.94. The number of carbonyl (C=O) groups is 1. The molecule has 5 heteroatoms. The maximum Gasteiger partial charge on any atom is 0.255 e. The lowest BCUT2D eigenvalue weighted by molar-refractivity contribution is 0.0801. The Hall–Kier alpha value is -1.36. The lowest BCUT2D eigenvalue weighted by Crippen LogP contribution is -2.48. The van der Waals surface area contributed by atoms with Crippen molar-refractivity contribution in [3.8, 4) is 0 Å². The summed E-state index contributed by atoms with van der Waals surface area (Å²) in [5.41, 5.74) is 1.74. The van der Waals surface area contributed by atoms with E-state index in [0.29, 0.717) is 23.6 Å². The van der Waals surface area contributed by atoms with Crippen LogP contribution in [0.3, 0.4) is 0 Å². The summed E-state index contributed by atoms with van der Waals surface area (Å²) in [5, 5.41) is 7.67. The standard InChI is InChI=1S/C17H27N3O2/c1-20-11-13(14(19-20)12-22-2)16(21)18-15-7-3-4-8-17(15)9-5-6-10-17/h11,15H,3-10,12H2,1-2H3,(H,18,21). The molecule has 0 aromatic carbocycles. The van der Waals surface area contributed by atoms with Crippen molar-refractivity contribution in [1.29, 1.82) is 0 Å². The first-order valence-electron chi connectivity index (χ1n) is 8.47. The second-order valence-electron chi connectivity index (χ2n) is 6.94. The lowest BCUT2D eigenvalue weighted by atomic mass is 9.69. The summed E-state index contributed by atoms with van der Waals surface area (Å²) in [6.07, 6.45) is 11.9. The van der Waals surface area contributed by atoms with Crippen LogP contribution in [-0.2, 0) is 18.4 Å². The molecule has 1 aromatic heterocycles. The van der Waals surface area contributed by atoms with Crippen molar-refractivity contribution in [2.24, 2.45) is 12.5 Å². The third-order valence-electron chi connectivity index (χ3n) is 5.49. The van der Waals surface area contributed by atoms with Gasteiger partial charge in [0.05, 0.1) is 12.2 Å². The quantitative estimate of drug-likeness (QED) is 0.930. The average molecular weight is 305 g/mol. The molecule has 1 aromatic rings. The highest BCUT2D eigenvalue weighted by molar-refractivity contribution is 5.95. The van der Waals surface area contributed by atoms with Crippen molar-refractivity contribution >= 4 is 5.91 Å². The number of aromatic nitrogens is 2. The zero-order valence-corrected chi connectivity index (χ0v) is 13.7. The van der Waals surface area contributed by atoms with E-state index in [1.54, 1.807) is 18.0 Å². The Kier molecular flexibility index (Phi) is 4.52. The van der Waals surface area contributed by atoms with Crippen molar-refractivity contribution in [2.45, 2.75) is 64.0 Å². The molecule has 122 valence electrons. The van der Waals surface area contributed by atoms with E-state index in [0.717, 1.165) is 12.1 Å². The molecule has 2 aliphatic carbocycles. The predicted octanol–water partition coefficient (Wildman–Crippen LogP) is 2.80. The van der Waals surface area contributed by atoms with Gasteiger partial charge in [-0.2, -0.15) is 5.10 Å². The fourth-order valence-electron chi connectivity index (χ4n) is 4.41. The van der Waals surface area contributed by atoms with Crippen LogP contribution in [-0.4, -0.2) is 28.8 Å². The van der Waals surface area contributed by atoms with Crippen molar-refractivity contribution < 1.29 is 9.53 Å². The van der Waals surface area contributed by atoms with Gasteiger partial charge in [0.1, 0.15) is 5.69 Å². The Morgan fingerprint density at radius 1 is 1.36 bits per heavy atom. The molecule has 0 saturated heterocycles. The Morgan fingerprint density at radius 3 is 2.73 bits per heavy atom. The first-order chi connectivity index (χ1) is 10.6. The minimum absolute atomic E-state index is 0.0123. The Labute approximate surface area is 132 Å². The number of carbonyl (C=O) groups excluding carboxylic acids is 1. The smallest absolute Gasteiger partial charge is 0.255 e. The molecule has 1 N–H and O–H groups in total. The van der Waals surface area contributed by atoms with Gasteiger partial charge in [-0.15, -0.1) is 0 Å². The molecular weight excluding hydrogens is 278 g/mol. The molecule has 1 amide bonds. The summed E-state index contributed by atoms with van der Waals surface area (Å²) in [7, 11) is 3.47. The monoisotopic (exact) mass is 305 g/mol. The van der Waals surface area contributed by atoms with Crippen LogP contribution in [0.15, 0.2) is 6.20 Å². The maximum absolute atomic E-state index is 12.7. The molecule has 2 saturated carbocycles. The molecule has 1 atom stereocenters. The lowest BCUT2D eigenvalue weighted by Gasteiger charge is -2.42. The van der Waals surface area contributed by atoms with Gasteiger partial charge < -0.3 is 10.1 Å². The normalized spacial score (nSPS) is 23.8. The molecule has 2 fully saturated rings. The van der Waals surface area contributed by atoms with Crippen LogP contribution in [0.1, 0.15) is 67.4 Å². The molecule has 2 aliphatic rings. The van der Waals surface area contributed by atoms with E-state index in [9.17, 15) is 4.79 Å². The van der Waals surface area contributed by atoms with Crippen LogP contribution in [0.4, 0.5) is 0 Å². The Bertz CT molecular complexity index is 532. The number of hydrogen-bond donors (Lipinski definition) is 1. The highest BCUT2D eigenvalue weighted by Gasteiger charge is 2.43. The van der Waals surface area contributed by atoms with E-state index in [1.807, 2.05) is 7.05 Å². The van der Waals surface area contributed by atoms with Gasteiger partial charge in [0, 0.05) is 26.4 Å². The summed E-state index contributed by atoms with van der Waals surface area (Å²) in [5.74, 6) is 0.0123. The molecule has 0 radical (unpaired) electrons. The van der Waals surface area contributed by atoms with Gasteiger partial charge in [0.2, 0.25) is 0 Å². The van der Waals surface area contributed by atoms with Gasteiger partial charge in [-0.05, 0) is 31.1 Å². The number of hydrogen-bond acceptors (Lipinski definition) is 3. The number of rotatable bonds is 4. The number of aryl methyl sites for hydroxylation is 1. The minimum atomic E-state index is 0.0123. The molecule has 1 heterocycles. The van der Waals surface area contributed by atoms with Crippen LogP contribution in [0.2, 0.25) is 0 Å². The predicted molar refractivity (Wildman–Crippen MR) is 84.5 cm³/mol. The van der Waals surface area contributed by atoms with Gasteiger partial charge in [0.15, 0.2) is 0 Å². The number of methoxy groups -OCH3 is 1. The summed E-state index contributed by atoms with van der Waals surface area (Å²) in [6.45, 7) is 0.374. The molecule has 1 spiro atoms. The third-order valence-corrected chi connectivity index (χ3v) is 5.49. The molecule has 3 rings (SSSR count). The zero-order valence-electron chi connectivity index (χ0n) is 13.7. The van der Waals surface area contributed by atoms with Crippen LogP contribution in [0, 0.1) is 5.41 Å². The van der Waals surface area contributed by atoms with E-state index in [4.69, 9.17) is 4.74 Å². The molecule has 1 unspecified atom stereocenters. The second kappa shape index (κ2) is 6.41. The number of nitrogens with zero attached hydrogens (tertiary/aromatic N) is 2. The van der Waals surface area contributed by atoms with E-state index < -0.39 is 0 Å². The van der Waals surface area contributed by atoms with E-state index in [-0.39, 0.29) is 5.91 Å². The molecule has 0 bridgehead atoms. The Balaban J connectivity index is 1.75. The van der Waals surface area contributed by atoms with Crippen molar-refractivity contribution in [1.82, 2.24) is 15.1 Å². The summed E-state index contributed by atoms with van der Waals surface area (Å²) >= 11 is 0. The van der Waals surface area contributed by atoms with Crippen LogP contribution in [0.5, 0.6) is 0 Å². The van der Waals surface area contributed by atoms with Gasteiger partial charge >= 0.3 is 0 Å². The molecule has 5 nitrogen and oxygen atoms in total. The van der Waals surface area contributed by atoms with Gasteiger partial charge in [-0.3, -0.25) is 9.48 Å². The van der Waals surface area contributed by atoms with E-state index in [2.05, 4.69) is 10.4 Å². The Morgan fingerprint density at radius 2 is 2.05 bits per heavy atom. The summed E-state index contributed by atoms with van der Waals surface area (Å²) < 4.78 is 6.85. The average Bonchev–Trinajstić information content (AvgIpc) is 3.10. The molecule has 22 heavy (non-hydrogen) atoms. The topological polar surface area (TPSA) is 56.2 Å². The zero-order chi connectivity index (χ0) is 15.6. The van der Waals surface area contributed by atoms with Crippen molar-refractivity contribution in [2.75, 3.05) is 7.11 Å².